The Hall–Kier alpha value is -1.50. The summed E-state index contributed by atoms with van der Waals surface area (Å²) >= 11 is 0. The van der Waals surface area contributed by atoms with Gasteiger partial charge in [-0.25, -0.2) is 13.2 Å². The number of hydrogen-bond acceptors (Lipinski definition) is 3. The molecule has 1 aromatic rings. The Morgan fingerprint density at radius 3 is 2.35 bits per heavy atom. The summed E-state index contributed by atoms with van der Waals surface area (Å²) in [4.78, 5) is 10.2. The molecule has 0 aliphatic heterocycles. The number of hydrogen-bond donors (Lipinski definition) is 1. The van der Waals surface area contributed by atoms with E-state index >= 15 is 0 Å². The van der Waals surface area contributed by atoms with Gasteiger partial charge in [0.2, 0.25) is 9.84 Å². The van der Waals surface area contributed by atoms with Crippen LogP contribution in [-0.2, 0) is 20.4 Å². The van der Waals surface area contributed by atoms with Crippen molar-refractivity contribution in [2.75, 3.05) is 0 Å². The normalized spacial score (nSPS) is 12.4. The second kappa shape index (κ2) is 4.40. The van der Waals surface area contributed by atoms with Crippen molar-refractivity contribution < 1.29 is 27.1 Å². The van der Waals surface area contributed by atoms with Crippen molar-refractivity contribution in [3.8, 4) is 0 Å². The van der Waals surface area contributed by atoms with Gasteiger partial charge in [0.1, 0.15) is 0 Å². The first-order chi connectivity index (χ1) is 7.68. The van der Waals surface area contributed by atoms with E-state index in [1.54, 1.807) is 19.1 Å². The molecule has 17 heavy (non-hydrogen) atoms. The van der Waals surface area contributed by atoms with Gasteiger partial charge in [0.15, 0.2) is 0 Å². The first kappa shape index (κ1) is 13.6. The highest BCUT2D eigenvalue weighted by Gasteiger charge is 2.52. The van der Waals surface area contributed by atoms with Crippen LogP contribution in [0.3, 0.4) is 0 Å². The van der Waals surface area contributed by atoms with Crippen molar-refractivity contribution in [1.29, 1.82) is 0 Å². The van der Waals surface area contributed by atoms with Gasteiger partial charge in [0.25, 0.3) is 0 Å². The minimum atomic E-state index is -5.07. The van der Waals surface area contributed by atoms with E-state index < -0.39 is 26.8 Å². The summed E-state index contributed by atoms with van der Waals surface area (Å²) in [7, 11) is -5.07. The van der Waals surface area contributed by atoms with Crippen LogP contribution in [0.2, 0.25) is 0 Å². The molecular weight excluding hydrogens is 254 g/mol. The largest absolute Gasteiger partial charge is 0.476 e. The van der Waals surface area contributed by atoms with E-state index in [1.165, 1.54) is 12.1 Å². The van der Waals surface area contributed by atoms with Crippen LogP contribution < -0.4 is 0 Å². The smallest absolute Gasteiger partial charge is 0.440 e. The van der Waals surface area contributed by atoms with Gasteiger partial charge in [-0.05, 0) is 18.1 Å². The predicted octanol–water partition coefficient (Wildman–Crippen LogP) is 1.59. The molecule has 0 saturated heterocycles. The van der Waals surface area contributed by atoms with Crippen molar-refractivity contribution in [3.05, 3.63) is 35.4 Å². The number of aryl methyl sites for hydroxylation is 1. The third kappa shape index (κ3) is 2.60. The Bertz CT molecular complexity index is 537. The van der Waals surface area contributed by atoms with Crippen molar-refractivity contribution in [1.82, 2.24) is 0 Å². The van der Waals surface area contributed by atoms with Crippen LogP contribution in [-0.4, -0.2) is 24.7 Å². The van der Waals surface area contributed by atoms with E-state index in [0.717, 1.165) is 0 Å². The molecule has 94 valence electrons. The van der Waals surface area contributed by atoms with E-state index in [2.05, 4.69) is 0 Å². The fourth-order valence-electron chi connectivity index (χ4n) is 1.20. The minimum Gasteiger partial charge on any atom is -0.476 e. The zero-order valence-corrected chi connectivity index (χ0v) is 9.67. The van der Waals surface area contributed by atoms with Crippen LogP contribution in [0.5, 0.6) is 0 Å². The molecule has 4 nitrogen and oxygen atoms in total. The molecule has 0 saturated carbocycles. The second-order valence-corrected chi connectivity index (χ2v) is 5.54. The molecule has 0 atom stereocenters. The summed E-state index contributed by atoms with van der Waals surface area (Å²) in [5, 5.41) is 3.43. The maximum Gasteiger partial charge on any atom is 0.440 e. The summed E-state index contributed by atoms with van der Waals surface area (Å²) in [6.45, 7) is 1.56. The standard InChI is InChI=1S/C10H10F2O4S/c1-7-4-2-3-5-8(7)6-17(15,16)10(11,12)9(13)14/h2-5H,6H2,1H3,(H,13,14). The third-order valence-corrected chi connectivity index (χ3v) is 3.89. The predicted molar refractivity (Wildman–Crippen MR) is 56.4 cm³/mol. The van der Waals surface area contributed by atoms with E-state index in [0.29, 0.717) is 5.56 Å². The maximum atomic E-state index is 13.0. The Balaban J connectivity index is 3.12. The molecule has 0 aromatic heterocycles. The first-order valence-corrected chi connectivity index (χ1v) is 6.21. The molecule has 7 heteroatoms. The van der Waals surface area contributed by atoms with Gasteiger partial charge >= 0.3 is 11.2 Å². The summed E-state index contributed by atoms with van der Waals surface area (Å²) < 4.78 is 48.5. The third-order valence-electron chi connectivity index (χ3n) is 2.25. The molecule has 0 radical (unpaired) electrons. The number of alkyl halides is 2. The molecule has 1 aromatic carbocycles. The van der Waals surface area contributed by atoms with Crippen LogP contribution in [0.25, 0.3) is 0 Å². The lowest BCUT2D eigenvalue weighted by Crippen LogP contribution is -2.38. The summed E-state index contributed by atoms with van der Waals surface area (Å²) in [6, 6.07) is 6.05. The molecule has 0 aliphatic rings. The Morgan fingerprint density at radius 2 is 1.88 bits per heavy atom. The average molecular weight is 264 g/mol. The van der Waals surface area contributed by atoms with E-state index in [4.69, 9.17) is 5.11 Å². The number of carboxylic acids is 1. The average Bonchev–Trinajstić information content (AvgIpc) is 2.20. The van der Waals surface area contributed by atoms with Gasteiger partial charge in [-0.3, -0.25) is 0 Å². The van der Waals surface area contributed by atoms with Gasteiger partial charge in [-0.1, -0.05) is 24.3 Å². The number of carboxylic acid groups (broad SMARTS) is 1. The summed E-state index contributed by atoms with van der Waals surface area (Å²) in [5.74, 6) is -3.66. The summed E-state index contributed by atoms with van der Waals surface area (Å²) in [6.07, 6.45) is 0. The van der Waals surface area contributed by atoms with Crippen LogP contribution in [0.15, 0.2) is 24.3 Å². The van der Waals surface area contributed by atoms with Crippen molar-refractivity contribution in [2.24, 2.45) is 0 Å². The Kier molecular flexibility index (Phi) is 3.51. The van der Waals surface area contributed by atoms with E-state index in [9.17, 15) is 22.0 Å². The molecule has 0 heterocycles. The van der Waals surface area contributed by atoms with Crippen molar-refractivity contribution >= 4 is 15.8 Å². The minimum absolute atomic E-state index is 0.161. The van der Waals surface area contributed by atoms with Crippen LogP contribution in [0.1, 0.15) is 11.1 Å². The molecule has 0 unspecified atom stereocenters. The monoisotopic (exact) mass is 264 g/mol. The number of carbonyl (C=O) groups is 1. The van der Waals surface area contributed by atoms with Crippen molar-refractivity contribution in [2.45, 2.75) is 17.9 Å². The zero-order chi connectivity index (χ0) is 13.3. The Labute approximate surface area is 96.8 Å². The van der Waals surface area contributed by atoms with Crippen LogP contribution in [0, 0.1) is 6.92 Å². The molecule has 1 N–H and O–H groups in total. The van der Waals surface area contributed by atoms with Gasteiger partial charge in [0.05, 0.1) is 5.75 Å². The first-order valence-electron chi connectivity index (χ1n) is 4.56. The number of benzene rings is 1. The lowest BCUT2D eigenvalue weighted by molar-refractivity contribution is -0.153. The topological polar surface area (TPSA) is 71.4 Å². The number of rotatable bonds is 4. The second-order valence-electron chi connectivity index (χ2n) is 3.51. The number of halogens is 2. The lowest BCUT2D eigenvalue weighted by Gasteiger charge is -2.13. The zero-order valence-electron chi connectivity index (χ0n) is 8.85. The van der Waals surface area contributed by atoms with Crippen LogP contribution >= 0.6 is 0 Å². The molecule has 0 amide bonds. The number of aliphatic carboxylic acids is 1. The van der Waals surface area contributed by atoms with E-state index in [1.807, 2.05) is 0 Å². The number of sulfone groups is 1. The van der Waals surface area contributed by atoms with Gasteiger partial charge < -0.3 is 5.11 Å². The molecule has 0 spiro atoms. The fourth-order valence-corrected chi connectivity index (χ4v) is 2.38. The molecule has 0 aliphatic carbocycles. The highest BCUT2D eigenvalue weighted by atomic mass is 32.2. The molecular formula is C10H10F2O4S. The quantitative estimate of drug-likeness (QED) is 0.896. The van der Waals surface area contributed by atoms with Crippen LogP contribution in [0.4, 0.5) is 8.78 Å². The lowest BCUT2D eigenvalue weighted by atomic mass is 10.1. The van der Waals surface area contributed by atoms with Crippen molar-refractivity contribution in [3.63, 3.8) is 0 Å². The highest BCUT2D eigenvalue weighted by molar-refractivity contribution is 7.92. The molecule has 1 rings (SSSR count). The highest BCUT2D eigenvalue weighted by Crippen LogP contribution is 2.26. The van der Waals surface area contributed by atoms with E-state index in [-0.39, 0.29) is 5.56 Å². The summed E-state index contributed by atoms with van der Waals surface area (Å²) in [5.41, 5.74) is 0.672. The molecule has 0 fully saturated rings. The maximum absolute atomic E-state index is 13.0. The SMILES string of the molecule is Cc1ccccc1CS(=O)(=O)C(F)(F)C(=O)O. The molecule has 0 bridgehead atoms. The van der Waals surface area contributed by atoms with Gasteiger partial charge in [-0.15, -0.1) is 0 Å². The Morgan fingerprint density at radius 1 is 1.35 bits per heavy atom. The van der Waals surface area contributed by atoms with Gasteiger partial charge in [0, 0.05) is 0 Å². The fraction of sp³-hybridized carbons (Fsp3) is 0.300. The van der Waals surface area contributed by atoms with Gasteiger partial charge in [-0.2, -0.15) is 8.78 Å².